The molecule has 0 saturated carbocycles. The highest BCUT2D eigenvalue weighted by Gasteiger charge is 2.24. The van der Waals surface area contributed by atoms with E-state index in [0.717, 1.165) is 29.9 Å². The van der Waals surface area contributed by atoms with Gasteiger partial charge < -0.3 is 5.32 Å². The first-order valence-electron chi connectivity index (χ1n) is 4.98. The molecule has 90 valence electrons. The third-order valence-electron chi connectivity index (χ3n) is 2.48. The van der Waals surface area contributed by atoms with Gasteiger partial charge in [-0.1, -0.05) is 11.6 Å². The quantitative estimate of drug-likeness (QED) is 0.879. The molecule has 0 spiro atoms. The molecule has 0 aromatic carbocycles. The molecule has 0 bridgehead atoms. The van der Waals surface area contributed by atoms with E-state index in [9.17, 15) is 8.42 Å². The summed E-state index contributed by atoms with van der Waals surface area (Å²) >= 11 is 6.97. The number of hydrogen-bond acceptors (Lipinski definition) is 4. The average molecular weight is 281 g/mol. The average Bonchev–Trinajstić information content (AvgIpc) is 2.78. The van der Waals surface area contributed by atoms with E-state index < -0.39 is 10.0 Å². The molecule has 0 amide bonds. The normalized spacial score (nSPS) is 21.5. The molecule has 1 aromatic rings. The lowest BCUT2D eigenvalue weighted by atomic mass is 10.3. The van der Waals surface area contributed by atoms with Crippen molar-refractivity contribution in [2.75, 3.05) is 13.1 Å². The van der Waals surface area contributed by atoms with Crippen molar-refractivity contribution in [2.24, 2.45) is 0 Å². The van der Waals surface area contributed by atoms with E-state index >= 15 is 0 Å². The highest BCUT2D eigenvalue weighted by molar-refractivity contribution is 7.91. The molecular formula is C9H13ClN2O2S2. The lowest BCUT2D eigenvalue weighted by molar-refractivity contribution is 0.562. The Bertz CT molecular complexity index is 458. The van der Waals surface area contributed by atoms with Gasteiger partial charge in [0, 0.05) is 12.6 Å². The largest absolute Gasteiger partial charge is 0.315 e. The number of aryl methyl sites for hydroxylation is 1. The van der Waals surface area contributed by atoms with Crippen molar-refractivity contribution in [3.63, 3.8) is 0 Å². The van der Waals surface area contributed by atoms with Crippen LogP contribution in [0, 0.1) is 6.92 Å². The Labute approximate surface area is 104 Å². The summed E-state index contributed by atoms with van der Waals surface area (Å²) in [5.41, 5.74) is 0.802. The summed E-state index contributed by atoms with van der Waals surface area (Å²) in [5, 5.41) is 3.11. The van der Waals surface area contributed by atoms with Gasteiger partial charge in [-0.3, -0.25) is 0 Å². The summed E-state index contributed by atoms with van der Waals surface area (Å²) in [6.07, 6.45) is 0.831. The van der Waals surface area contributed by atoms with Crippen molar-refractivity contribution in [1.29, 1.82) is 0 Å². The van der Waals surface area contributed by atoms with Gasteiger partial charge in [0.05, 0.1) is 4.34 Å². The van der Waals surface area contributed by atoms with Crippen molar-refractivity contribution < 1.29 is 8.42 Å². The van der Waals surface area contributed by atoms with E-state index in [1.807, 2.05) is 0 Å². The van der Waals surface area contributed by atoms with E-state index in [-0.39, 0.29) is 6.04 Å². The number of halogens is 1. The fourth-order valence-corrected chi connectivity index (χ4v) is 4.59. The molecule has 1 aromatic heterocycles. The van der Waals surface area contributed by atoms with Crippen molar-refractivity contribution in [1.82, 2.24) is 10.0 Å². The molecular weight excluding hydrogens is 268 g/mol. The number of rotatable bonds is 3. The Morgan fingerprint density at radius 2 is 2.38 bits per heavy atom. The number of nitrogens with one attached hydrogen (secondary N) is 2. The Morgan fingerprint density at radius 3 is 2.88 bits per heavy atom. The monoisotopic (exact) mass is 280 g/mol. The van der Waals surface area contributed by atoms with Gasteiger partial charge in [-0.05, 0) is 31.5 Å². The maximum Gasteiger partial charge on any atom is 0.250 e. The summed E-state index contributed by atoms with van der Waals surface area (Å²) in [6, 6.07) is 1.60. The summed E-state index contributed by atoms with van der Waals surface area (Å²) in [4.78, 5) is 0. The molecule has 2 N–H and O–H groups in total. The van der Waals surface area contributed by atoms with E-state index in [4.69, 9.17) is 11.6 Å². The lowest BCUT2D eigenvalue weighted by Gasteiger charge is -2.10. The zero-order valence-electron chi connectivity index (χ0n) is 8.79. The Morgan fingerprint density at radius 1 is 1.62 bits per heavy atom. The smallest absolute Gasteiger partial charge is 0.250 e. The second kappa shape index (κ2) is 4.62. The predicted octanol–water partition coefficient (Wildman–Crippen LogP) is 1.35. The van der Waals surface area contributed by atoms with Gasteiger partial charge in [0.15, 0.2) is 0 Å². The summed E-state index contributed by atoms with van der Waals surface area (Å²) in [6.45, 7) is 3.35. The second-order valence-corrected chi connectivity index (χ2v) is 7.43. The highest BCUT2D eigenvalue weighted by Crippen LogP contribution is 2.30. The first-order valence-corrected chi connectivity index (χ1v) is 7.66. The molecule has 1 fully saturated rings. The van der Waals surface area contributed by atoms with Crippen LogP contribution in [0.4, 0.5) is 0 Å². The maximum atomic E-state index is 12.0. The third-order valence-corrected chi connectivity index (χ3v) is 6.03. The van der Waals surface area contributed by atoms with E-state index in [1.165, 1.54) is 0 Å². The summed E-state index contributed by atoms with van der Waals surface area (Å²) in [5.74, 6) is 0. The van der Waals surface area contributed by atoms with Gasteiger partial charge in [0.1, 0.15) is 4.21 Å². The summed E-state index contributed by atoms with van der Waals surface area (Å²) < 4.78 is 27.4. The predicted molar refractivity (Wildman–Crippen MR) is 65.7 cm³/mol. The molecule has 2 rings (SSSR count). The molecule has 1 aliphatic heterocycles. The topological polar surface area (TPSA) is 58.2 Å². The molecule has 16 heavy (non-hydrogen) atoms. The van der Waals surface area contributed by atoms with Crippen LogP contribution in [0.2, 0.25) is 4.34 Å². The first-order chi connectivity index (χ1) is 7.49. The molecule has 4 nitrogen and oxygen atoms in total. The van der Waals surface area contributed by atoms with Crippen LogP contribution < -0.4 is 10.0 Å². The maximum absolute atomic E-state index is 12.0. The van der Waals surface area contributed by atoms with Crippen LogP contribution in [0.1, 0.15) is 12.0 Å². The number of hydrogen-bond donors (Lipinski definition) is 2. The van der Waals surface area contributed by atoms with Gasteiger partial charge >= 0.3 is 0 Å². The zero-order chi connectivity index (χ0) is 11.8. The molecule has 1 atom stereocenters. The number of thiophene rings is 1. The van der Waals surface area contributed by atoms with Crippen LogP contribution >= 0.6 is 22.9 Å². The Hall–Kier alpha value is -0.140. The van der Waals surface area contributed by atoms with Crippen LogP contribution in [0.3, 0.4) is 0 Å². The Balaban J connectivity index is 2.18. The fourth-order valence-electron chi connectivity index (χ4n) is 1.60. The second-order valence-electron chi connectivity index (χ2n) is 3.83. The highest BCUT2D eigenvalue weighted by atomic mass is 35.5. The van der Waals surface area contributed by atoms with Crippen LogP contribution in [-0.4, -0.2) is 27.5 Å². The van der Waals surface area contributed by atoms with Gasteiger partial charge in [-0.2, -0.15) is 0 Å². The molecule has 0 radical (unpaired) electrons. The van der Waals surface area contributed by atoms with Crippen molar-refractivity contribution in [3.8, 4) is 0 Å². The standard InChI is InChI=1S/C9H13ClN2O2S2/c1-6-4-8(15-9(6)10)16(13,14)12-7-2-3-11-5-7/h4,7,11-12H,2-3,5H2,1H3. The molecule has 2 heterocycles. The van der Waals surface area contributed by atoms with Crippen molar-refractivity contribution in [3.05, 3.63) is 16.0 Å². The van der Waals surface area contributed by atoms with E-state index in [1.54, 1.807) is 13.0 Å². The van der Waals surface area contributed by atoms with E-state index in [2.05, 4.69) is 10.0 Å². The van der Waals surface area contributed by atoms with Gasteiger partial charge in [-0.25, -0.2) is 13.1 Å². The van der Waals surface area contributed by atoms with E-state index in [0.29, 0.717) is 15.1 Å². The Kier molecular flexibility index (Phi) is 3.56. The van der Waals surface area contributed by atoms with Crippen LogP contribution in [0.25, 0.3) is 0 Å². The molecule has 1 aliphatic rings. The lowest BCUT2D eigenvalue weighted by Crippen LogP contribution is -2.35. The number of sulfonamides is 1. The van der Waals surface area contributed by atoms with Crippen LogP contribution in [-0.2, 0) is 10.0 Å². The van der Waals surface area contributed by atoms with Crippen LogP contribution in [0.5, 0.6) is 0 Å². The van der Waals surface area contributed by atoms with Crippen molar-refractivity contribution >= 4 is 33.0 Å². The van der Waals surface area contributed by atoms with Gasteiger partial charge in [0.2, 0.25) is 10.0 Å². The van der Waals surface area contributed by atoms with Gasteiger partial charge in [0.25, 0.3) is 0 Å². The van der Waals surface area contributed by atoms with Crippen molar-refractivity contribution in [2.45, 2.75) is 23.6 Å². The minimum absolute atomic E-state index is 0.00817. The summed E-state index contributed by atoms with van der Waals surface area (Å²) in [7, 11) is -3.40. The zero-order valence-corrected chi connectivity index (χ0v) is 11.2. The minimum atomic E-state index is -3.40. The first kappa shape index (κ1) is 12.3. The minimum Gasteiger partial charge on any atom is -0.315 e. The van der Waals surface area contributed by atoms with Gasteiger partial charge in [-0.15, -0.1) is 11.3 Å². The molecule has 7 heteroatoms. The fraction of sp³-hybridized carbons (Fsp3) is 0.556. The molecule has 1 saturated heterocycles. The van der Waals surface area contributed by atoms with Crippen LogP contribution in [0.15, 0.2) is 10.3 Å². The molecule has 0 aliphatic carbocycles. The third kappa shape index (κ3) is 2.57. The SMILES string of the molecule is Cc1cc(S(=O)(=O)NC2CCNC2)sc1Cl. The molecule has 1 unspecified atom stereocenters.